The predicted molar refractivity (Wildman–Crippen MR) is 90.5 cm³/mol. The zero-order chi connectivity index (χ0) is 15.1. The van der Waals surface area contributed by atoms with Crippen molar-refractivity contribution in [1.29, 1.82) is 0 Å². The Morgan fingerprint density at radius 1 is 0.947 bits per heavy atom. The number of hydrogen-bond donors (Lipinski definition) is 1. The first kappa shape index (κ1) is 19.2. The number of aliphatic hydroxyl groups is 1. The smallest absolute Gasteiger partial charge is 0.0550 e. The lowest BCUT2D eigenvalue weighted by Crippen LogP contribution is -2.37. The van der Waals surface area contributed by atoms with E-state index >= 15 is 0 Å². The van der Waals surface area contributed by atoms with Gasteiger partial charge in [-0.2, -0.15) is 0 Å². The summed E-state index contributed by atoms with van der Waals surface area (Å²) in [5.41, 5.74) is 0.226. The normalized spacial score (nSPS) is 16.4. The number of aliphatic hydroxyl groups excluding tert-OH is 1. The van der Waals surface area contributed by atoms with Crippen molar-refractivity contribution in [2.45, 2.75) is 98.0 Å². The van der Waals surface area contributed by atoms with Gasteiger partial charge in [0.05, 0.1) is 6.10 Å². The molecule has 2 atom stereocenters. The lowest BCUT2D eigenvalue weighted by Gasteiger charge is -2.37. The number of unbranched alkanes of at least 4 members (excludes halogenated alkanes) is 4. The lowest BCUT2D eigenvalue weighted by molar-refractivity contribution is 0.0478. The van der Waals surface area contributed by atoms with Crippen LogP contribution >= 0.6 is 0 Å². The van der Waals surface area contributed by atoms with Gasteiger partial charge in [0.1, 0.15) is 0 Å². The van der Waals surface area contributed by atoms with Crippen LogP contribution in [0.3, 0.4) is 0 Å². The highest BCUT2D eigenvalue weighted by Crippen LogP contribution is 2.36. The highest BCUT2D eigenvalue weighted by Gasteiger charge is 2.33. The SMILES string of the molecule is CCCCCCCC(C(O)C[Si](C)(C)C)C(C)(C)C. The maximum Gasteiger partial charge on any atom is 0.0550 e. The maximum absolute atomic E-state index is 10.6. The van der Waals surface area contributed by atoms with Gasteiger partial charge in [-0.15, -0.1) is 0 Å². The van der Waals surface area contributed by atoms with Crippen LogP contribution in [0.4, 0.5) is 0 Å². The molecule has 1 nitrogen and oxygen atoms in total. The Morgan fingerprint density at radius 2 is 1.47 bits per heavy atom. The minimum atomic E-state index is -1.17. The third-order valence-corrected chi connectivity index (χ3v) is 5.66. The van der Waals surface area contributed by atoms with E-state index in [4.69, 9.17) is 0 Å². The average Bonchev–Trinajstić information content (AvgIpc) is 2.18. The molecular weight excluding hydrogens is 248 g/mol. The molecule has 2 heteroatoms. The predicted octanol–water partition coefficient (Wildman–Crippen LogP) is 5.71. The third-order valence-electron chi connectivity index (χ3n) is 4.02. The van der Waals surface area contributed by atoms with Crippen LogP contribution in [-0.4, -0.2) is 19.3 Å². The molecule has 0 aromatic carbocycles. The van der Waals surface area contributed by atoms with E-state index in [-0.39, 0.29) is 11.5 Å². The van der Waals surface area contributed by atoms with Crippen molar-refractivity contribution >= 4 is 8.07 Å². The molecule has 0 radical (unpaired) electrons. The molecule has 116 valence electrons. The second-order valence-electron chi connectivity index (χ2n) is 8.51. The minimum Gasteiger partial charge on any atom is -0.393 e. The van der Waals surface area contributed by atoms with E-state index in [1.54, 1.807) is 0 Å². The summed E-state index contributed by atoms with van der Waals surface area (Å²) in [4.78, 5) is 0. The largest absolute Gasteiger partial charge is 0.393 e. The molecule has 0 amide bonds. The highest BCUT2D eigenvalue weighted by molar-refractivity contribution is 6.76. The van der Waals surface area contributed by atoms with Crippen LogP contribution in [0, 0.1) is 11.3 Å². The summed E-state index contributed by atoms with van der Waals surface area (Å²) in [5, 5.41) is 10.6. The van der Waals surface area contributed by atoms with Gasteiger partial charge in [-0.3, -0.25) is 0 Å². The van der Waals surface area contributed by atoms with Crippen molar-refractivity contribution in [2.75, 3.05) is 0 Å². The van der Waals surface area contributed by atoms with Gasteiger partial charge in [0.15, 0.2) is 0 Å². The van der Waals surface area contributed by atoms with Crippen LogP contribution in [0.1, 0.15) is 66.2 Å². The molecule has 0 aliphatic carbocycles. The topological polar surface area (TPSA) is 20.2 Å². The monoisotopic (exact) mass is 286 g/mol. The number of hydrogen-bond acceptors (Lipinski definition) is 1. The maximum atomic E-state index is 10.6. The molecule has 0 saturated carbocycles. The molecular formula is C17H38OSi. The summed E-state index contributed by atoms with van der Waals surface area (Å²) in [6.45, 7) is 16.2. The molecule has 1 N–H and O–H groups in total. The molecule has 0 aromatic rings. The molecule has 0 saturated heterocycles. The van der Waals surface area contributed by atoms with E-state index in [9.17, 15) is 5.11 Å². The average molecular weight is 287 g/mol. The van der Waals surface area contributed by atoms with Crippen molar-refractivity contribution in [2.24, 2.45) is 11.3 Å². The molecule has 0 bridgehead atoms. The van der Waals surface area contributed by atoms with E-state index in [1.807, 2.05) is 0 Å². The van der Waals surface area contributed by atoms with Gasteiger partial charge in [0.25, 0.3) is 0 Å². The Morgan fingerprint density at radius 3 is 1.89 bits per heavy atom. The zero-order valence-electron chi connectivity index (χ0n) is 14.6. The van der Waals surface area contributed by atoms with Crippen molar-refractivity contribution in [3.05, 3.63) is 0 Å². The fraction of sp³-hybridized carbons (Fsp3) is 1.00. The molecule has 0 aliphatic heterocycles. The Labute approximate surface area is 123 Å². The van der Waals surface area contributed by atoms with Gasteiger partial charge >= 0.3 is 0 Å². The van der Waals surface area contributed by atoms with Gasteiger partial charge in [-0.1, -0.05) is 79.4 Å². The first-order valence-electron chi connectivity index (χ1n) is 8.26. The Kier molecular flexibility index (Phi) is 8.54. The van der Waals surface area contributed by atoms with Crippen LogP contribution in [-0.2, 0) is 0 Å². The minimum absolute atomic E-state index is 0.0992. The number of rotatable bonds is 9. The fourth-order valence-corrected chi connectivity index (χ4v) is 4.48. The first-order valence-corrected chi connectivity index (χ1v) is 12.0. The van der Waals surface area contributed by atoms with Gasteiger partial charge < -0.3 is 5.11 Å². The first-order chi connectivity index (χ1) is 8.58. The molecule has 19 heavy (non-hydrogen) atoms. The van der Waals surface area contributed by atoms with Crippen molar-refractivity contribution in [3.8, 4) is 0 Å². The fourth-order valence-electron chi connectivity index (χ4n) is 2.94. The van der Waals surface area contributed by atoms with Crippen LogP contribution in [0.25, 0.3) is 0 Å². The summed E-state index contributed by atoms with van der Waals surface area (Å²) in [6.07, 6.45) is 7.73. The summed E-state index contributed by atoms with van der Waals surface area (Å²) < 4.78 is 0. The van der Waals surface area contributed by atoms with Gasteiger partial charge in [0, 0.05) is 8.07 Å². The molecule has 0 rings (SSSR count). The molecule has 0 spiro atoms. The molecule has 0 aromatic heterocycles. The van der Waals surface area contributed by atoms with Crippen LogP contribution < -0.4 is 0 Å². The van der Waals surface area contributed by atoms with Crippen LogP contribution in [0.5, 0.6) is 0 Å². The van der Waals surface area contributed by atoms with Crippen LogP contribution in [0.15, 0.2) is 0 Å². The van der Waals surface area contributed by atoms with Gasteiger partial charge in [0.2, 0.25) is 0 Å². The lowest BCUT2D eigenvalue weighted by atomic mass is 9.75. The second-order valence-corrected chi connectivity index (χ2v) is 14.0. The highest BCUT2D eigenvalue weighted by atomic mass is 28.3. The molecule has 0 aliphatic rings. The van der Waals surface area contributed by atoms with Gasteiger partial charge in [-0.25, -0.2) is 0 Å². The van der Waals surface area contributed by atoms with E-state index in [1.165, 1.54) is 38.5 Å². The quantitative estimate of drug-likeness (QED) is 0.425. The summed E-state index contributed by atoms with van der Waals surface area (Å²) in [6, 6.07) is 1.05. The molecule has 2 unspecified atom stereocenters. The Bertz CT molecular complexity index is 224. The van der Waals surface area contributed by atoms with E-state index in [0.29, 0.717) is 5.92 Å². The second kappa shape index (κ2) is 8.46. The van der Waals surface area contributed by atoms with E-state index in [2.05, 4.69) is 47.3 Å². The Balaban J connectivity index is 4.32. The van der Waals surface area contributed by atoms with Crippen LogP contribution in [0.2, 0.25) is 25.7 Å². The van der Waals surface area contributed by atoms with Crippen molar-refractivity contribution in [3.63, 3.8) is 0 Å². The third kappa shape index (κ3) is 9.67. The Hall–Kier alpha value is 0.177. The van der Waals surface area contributed by atoms with Crippen molar-refractivity contribution < 1.29 is 5.11 Å². The molecule has 0 heterocycles. The van der Waals surface area contributed by atoms with Gasteiger partial charge in [-0.05, 0) is 23.8 Å². The van der Waals surface area contributed by atoms with Crippen molar-refractivity contribution in [1.82, 2.24) is 0 Å². The zero-order valence-corrected chi connectivity index (χ0v) is 15.6. The van der Waals surface area contributed by atoms with E-state index < -0.39 is 8.07 Å². The molecule has 0 fully saturated rings. The summed E-state index contributed by atoms with van der Waals surface area (Å²) >= 11 is 0. The van der Waals surface area contributed by atoms with E-state index in [0.717, 1.165) is 6.04 Å². The summed E-state index contributed by atoms with van der Waals surface area (Å²) in [5.74, 6) is 0.459. The summed E-state index contributed by atoms with van der Waals surface area (Å²) in [7, 11) is -1.17. The standard InChI is InChI=1S/C17H38OSi/c1-8-9-10-11-12-13-15(17(2,3)4)16(18)14-19(5,6)7/h15-16,18H,8-14H2,1-7H3.